The SMILES string of the molecule is CCCCc1nnc(NC(=O)C(NS(=O)(=O)c2ccc(C)c(C)c2)C(C)C)s1. The van der Waals surface area contributed by atoms with E-state index in [1.165, 1.54) is 11.3 Å². The van der Waals surface area contributed by atoms with Gasteiger partial charge in [0, 0.05) is 6.42 Å². The molecule has 0 bridgehead atoms. The maximum atomic E-state index is 12.8. The predicted octanol–water partition coefficient (Wildman–Crippen LogP) is 3.44. The van der Waals surface area contributed by atoms with Crippen LogP contribution >= 0.6 is 11.3 Å². The first-order valence-corrected chi connectivity index (χ1v) is 11.7. The number of carbonyl (C=O) groups is 1. The molecule has 0 saturated heterocycles. The third kappa shape index (κ3) is 5.83. The Hall–Kier alpha value is -1.84. The molecule has 1 aromatic heterocycles. The Balaban J connectivity index is 2.14. The maximum absolute atomic E-state index is 12.8. The Morgan fingerprint density at radius 2 is 1.89 bits per heavy atom. The van der Waals surface area contributed by atoms with Gasteiger partial charge in [0.15, 0.2) is 0 Å². The summed E-state index contributed by atoms with van der Waals surface area (Å²) in [6, 6.07) is 3.99. The minimum Gasteiger partial charge on any atom is -0.299 e. The summed E-state index contributed by atoms with van der Waals surface area (Å²) in [4.78, 5) is 12.9. The maximum Gasteiger partial charge on any atom is 0.244 e. The number of carbonyl (C=O) groups excluding carboxylic acids is 1. The van der Waals surface area contributed by atoms with Gasteiger partial charge in [-0.2, -0.15) is 4.72 Å². The number of nitrogens with zero attached hydrogens (tertiary/aromatic N) is 2. The average molecular weight is 425 g/mol. The summed E-state index contributed by atoms with van der Waals surface area (Å²) in [5, 5.41) is 12.0. The van der Waals surface area contributed by atoms with E-state index in [0.29, 0.717) is 5.13 Å². The van der Waals surface area contributed by atoms with Gasteiger partial charge in [0.05, 0.1) is 4.90 Å². The highest BCUT2D eigenvalue weighted by Crippen LogP contribution is 2.20. The molecule has 1 unspecified atom stereocenters. The quantitative estimate of drug-likeness (QED) is 0.642. The van der Waals surface area contributed by atoms with Crippen LogP contribution in [-0.2, 0) is 21.2 Å². The lowest BCUT2D eigenvalue weighted by Gasteiger charge is -2.21. The molecule has 0 spiro atoms. The molecular weight excluding hydrogens is 396 g/mol. The number of amides is 1. The summed E-state index contributed by atoms with van der Waals surface area (Å²) in [6.45, 7) is 9.45. The number of sulfonamides is 1. The lowest BCUT2D eigenvalue weighted by atomic mass is 10.1. The number of nitrogens with one attached hydrogen (secondary N) is 2. The van der Waals surface area contributed by atoms with Crippen molar-refractivity contribution in [2.75, 3.05) is 5.32 Å². The lowest BCUT2D eigenvalue weighted by molar-refractivity contribution is -0.118. The predicted molar refractivity (Wildman–Crippen MR) is 112 cm³/mol. The zero-order valence-corrected chi connectivity index (χ0v) is 18.6. The normalized spacial score (nSPS) is 12.9. The van der Waals surface area contributed by atoms with Crippen LogP contribution < -0.4 is 10.0 Å². The number of rotatable bonds is 9. The van der Waals surface area contributed by atoms with Crippen LogP contribution in [0.1, 0.15) is 49.7 Å². The smallest absolute Gasteiger partial charge is 0.244 e. The molecule has 1 aromatic carbocycles. The molecule has 1 heterocycles. The second-order valence-corrected chi connectivity index (χ2v) is 9.96. The van der Waals surface area contributed by atoms with Gasteiger partial charge in [-0.1, -0.05) is 44.6 Å². The third-order valence-electron chi connectivity index (χ3n) is 4.46. The molecule has 7 nitrogen and oxygen atoms in total. The molecule has 28 heavy (non-hydrogen) atoms. The van der Waals surface area contributed by atoms with Crippen molar-refractivity contribution < 1.29 is 13.2 Å². The fraction of sp³-hybridized carbons (Fsp3) is 0.526. The number of hydrogen-bond donors (Lipinski definition) is 2. The summed E-state index contributed by atoms with van der Waals surface area (Å²) in [5.41, 5.74) is 1.88. The Kier molecular flexibility index (Phi) is 7.68. The van der Waals surface area contributed by atoms with Gasteiger partial charge in [-0.25, -0.2) is 8.42 Å². The highest BCUT2D eigenvalue weighted by molar-refractivity contribution is 7.89. The van der Waals surface area contributed by atoms with Crippen molar-refractivity contribution in [1.29, 1.82) is 0 Å². The molecule has 2 aromatic rings. The van der Waals surface area contributed by atoms with E-state index in [1.807, 2.05) is 13.8 Å². The van der Waals surface area contributed by atoms with E-state index in [2.05, 4.69) is 27.2 Å². The van der Waals surface area contributed by atoms with E-state index in [4.69, 9.17) is 0 Å². The lowest BCUT2D eigenvalue weighted by Crippen LogP contribution is -2.47. The molecule has 1 atom stereocenters. The minimum atomic E-state index is -3.83. The first-order chi connectivity index (χ1) is 13.1. The van der Waals surface area contributed by atoms with Gasteiger partial charge in [0.25, 0.3) is 0 Å². The molecule has 0 aliphatic rings. The van der Waals surface area contributed by atoms with Crippen LogP contribution in [0.3, 0.4) is 0 Å². The molecule has 154 valence electrons. The Morgan fingerprint density at radius 3 is 2.50 bits per heavy atom. The van der Waals surface area contributed by atoms with Crippen LogP contribution in [0.25, 0.3) is 0 Å². The van der Waals surface area contributed by atoms with Gasteiger partial charge in [0.1, 0.15) is 11.0 Å². The molecule has 0 saturated carbocycles. The number of unbranched alkanes of at least 4 members (excludes halogenated alkanes) is 1. The number of benzene rings is 1. The first kappa shape index (κ1) is 22.4. The molecular formula is C19H28N4O3S2. The van der Waals surface area contributed by atoms with Gasteiger partial charge in [-0.15, -0.1) is 10.2 Å². The number of aromatic nitrogens is 2. The Bertz CT molecular complexity index is 923. The summed E-state index contributed by atoms with van der Waals surface area (Å²) in [5.74, 6) is -0.686. The van der Waals surface area contributed by atoms with Crippen molar-refractivity contribution in [3.63, 3.8) is 0 Å². The minimum absolute atomic E-state index is 0.145. The van der Waals surface area contributed by atoms with Crippen LogP contribution in [0.5, 0.6) is 0 Å². The van der Waals surface area contributed by atoms with E-state index < -0.39 is 22.0 Å². The van der Waals surface area contributed by atoms with Crippen LogP contribution in [-0.4, -0.2) is 30.6 Å². The van der Waals surface area contributed by atoms with Crippen molar-refractivity contribution in [1.82, 2.24) is 14.9 Å². The second-order valence-electron chi connectivity index (χ2n) is 7.18. The topological polar surface area (TPSA) is 101 Å². The fourth-order valence-corrected chi connectivity index (χ4v) is 4.74. The monoisotopic (exact) mass is 424 g/mol. The van der Waals surface area contributed by atoms with Crippen molar-refractivity contribution >= 4 is 32.4 Å². The third-order valence-corrected chi connectivity index (χ3v) is 6.80. The van der Waals surface area contributed by atoms with Crippen molar-refractivity contribution in [3.8, 4) is 0 Å². The van der Waals surface area contributed by atoms with Crippen LogP contribution in [0, 0.1) is 19.8 Å². The number of hydrogen-bond acceptors (Lipinski definition) is 6. The van der Waals surface area contributed by atoms with Gasteiger partial charge in [0.2, 0.25) is 21.1 Å². The fourth-order valence-electron chi connectivity index (χ4n) is 2.52. The summed E-state index contributed by atoms with van der Waals surface area (Å²) < 4.78 is 28.1. The molecule has 2 rings (SSSR count). The molecule has 2 N–H and O–H groups in total. The highest BCUT2D eigenvalue weighted by atomic mass is 32.2. The number of aryl methyl sites for hydroxylation is 3. The van der Waals surface area contributed by atoms with E-state index in [9.17, 15) is 13.2 Å². The van der Waals surface area contributed by atoms with Crippen molar-refractivity contribution in [3.05, 3.63) is 34.3 Å². The average Bonchev–Trinajstić information content (AvgIpc) is 3.07. The van der Waals surface area contributed by atoms with Gasteiger partial charge < -0.3 is 0 Å². The Labute approximate surface area is 171 Å². The Morgan fingerprint density at radius 1 is 1.18 bits per heavy atom. The zero-order valence-electron chi connectivity index (χ0n) is 16.9. The molecule has 0 aliphatic heterocycles. The molecule has 0 fully saturated rings. The second kappa shape index (κ2) is 9.58. The van der Waals surface area contributed by atoms with E-state index in [-0.39, 0.29) is 10.8 Å². The van der Waals surface area contributed by atoms with Gasteiger partial charge in [-0.3, -0.25) is 10.1 Å². The van der Waals surface area contributed by atoms with Crippen molar-refractivity contribution in [2.45, 2.75) is 64.8 Å². The largest absolute Gasteiger partial charge is 0.299 e. The van der Waals surface area contributed by atoms with Crippen LogP contribution in [0.4, 0.5) is 5.13 Å². The van der Waals surface area contributed by atoms with Gasteiger partial charge in [-0.05, 0) is 49.4 Å². The molecule has 1 amide bonds. The van der Waals surface area contributed by atoms with E-state index in [0.717, 1.165) is 35.4 Å². The van der Waals surface area contributed by atoms with Crippen LogP contribution in [0.2, 0.25) is 0 Å². The highest BCUT2D eigenvalue weighted by Gasteiger charge is 2.29. The standard InChI is InChI=1S/C19H28N4O3S2/c1-6-7-8-16-21-22-19(27-16)20-18(24)17(12(2)3)23-28(25,26)15-10-9-13(4)14(5)11-15/h9-12,17,23H,6-8H2,1-5H3,(H,20,22,24). The first-order valence-electron chi connectivity index (χ1n) is 9.37. The molecule has 0 radical (unpaired) electrons. The van der Waals surface area contributed by atoms with Gasteiger partial charge >= 0.3 is 0 Å². The number of anilines is 1. The van der Waals surface area contributed by atoms with E-state index in [1.54, 1.807) is 32.0 Å². The molecule has 0 aliphatic carbocycles. The van der Waals surface area contributed by atoms with E-state index >= 15 is 0 Å². The summed E-state index contributed by atoms with van der Waals surface area (Å²) >= 11 is 1.32. The zero-order chi connectivity index (χ0) is 20.9. The van der Waals surface area contributed by atoms with Crippen LogP contribution in [0.15, 0.2) is 23.1 Å². The molecule has 9 heteroatoms. The summed E-state index contributed by atoms with van der Waals surface area (Å²) in [7, 11) is -3.83. The van der Waals surface area contributed by atoms with Crippen molar-refractivity contribution in [2.24, 2.45) is 5.92 Å². The summed E-state index contributed by atoms with van der Waals surface area (Å²) in [6.07, 6.45) is 2.88.